The van der Waals surface area contributed by atoms with Gasteiger partial charge in [-0.05, 0) is 12.1 Å². The maximum Gasteiger partial charge on any atom is 0.261 e. The Hall–Kier alpha value is -3.97. The number of nitrogens with zero attached hydrogens (tertiary/aromatic N) is 1. The van der Waals surface area contributed by atoms with Crippen molar-refractivity contribution in [2.75, 3.05) is 19.5 Å². The molecule has 0 aliphatic heterocycles. The SMILES string of the molecule is COc1cccc(C(=O)Nc2nc(-c3ccccc3)c(C(=O)c3ccccc3)s2)c1OC. The minimum Gasteiger partial charge on any atom is -0.493 e. The molecule has 4 rings (SSSR count). The predicted octanol–water partition coefficient (Wildman–Crippen LogP) is 5.31. The number of anilines is 1. The van der Waals surface area contributed by atoms with Gasteiger partial charge in [-0.3, -0.25) is 14.9 Å². The maximum atomic E-state index is 13.2. The van der Waals surface area contributed by atoms with Gasteiger partial charge in [-0.25, -0.2) is 4.98 Å². The molecule has 3 aromatic carbocycles. The summed E-state index contributed by atoms with van der Waals surface area (Å²) in [6, 6.07) is 23.5. The Morgan fingerprint density at radius 2 is 1.53 bits per heavy atom. The molecule has 6 nitrogen and oxygen atoms in total. The fourth-order valence-corrected chi connectivity index (χ4v) is 4.21. The molecule has 4 aromatic rings. The van der Waals surface area contributed by atoms with Gasteiger partial charge in [-0.2, -0.15) is 0 Å². The Bertz CT molecular complexity index is 1250. The average molecular weight is 445 g/mol. The first-order chi connectivity index (χ1) is 15.6. The van der Waals surface area contributed by atoms with Crippen LogP contribution in [0.4, 0.5) is 5.13 Å². The highest BCUT2D eigenvalue weighted by Crippen LogP contribution is 2.35. The standard InChI is InChI=1S/C25H20N2O4S/c1-30-19-15-9-14-18(22(19)31-2)24(29)27-25-26-20(16-10-5-3-6-11-16)23(32-25)21(28)17-12-7-4-8-13-17/h3-15H,1-2H3,(H,26,27,29). The number of ketones is 1. The van der Waals surface area contributed by atoms with E-state index in [1.54, 1.807) is 30.3 Å². The molecule has 7 heteroatoms. The van der Waals surface area contributed by atoms with E-state index < -0.39 is 5.91 Å². The van der Waals surface area contributed by atoms with Crippen LogP contribution in [0.25, 0.3) is 11.3 Å². The van der Waals surface area contributed by atoms with Gasteiger partial charge in [0.25, 0.3) is 5.91 Å². The summed E-state index contributed by atoms with van der Waals surface area (Å²) in [7, 11) is 2.98. The van der Waals surface area contributed by atoms with Crippen LogP contribution in [0, 0.1) is 0 Å². The highest BCUT2D eigenvalue weighted by atomic mass is 32.1. The van der Waals surface area contributed by atoms with Crippen molar-refractivity contribution in [3.8, 4) is 22.8 Å². The summed E-state index contributed by atoms with van der Waals surface area (Å²) < 4.78 is 10.6. The molecule has 1 N–H and O–H groups in total. The second-order valence-corrected chi connectivity index (χ2v) is 7.75. The molecule has 32 heavy (non-hydrogen) atoms. The number of nitrogens with one attached hydrogen (secondary N) is 1. The van der Waals surface area contributed by atoms with Crippen LogP contribution >= 0.6 is 11.3 Å². The minimum absolute atomic E-state index is 0.151. The lowest BCUT2D eigenvalue weighted by Gasteiger charge is -2.11. The third-order valence-electron chi connectivity index (χ3n) is 4.78. The number of thiazole rings is 1. The molecule has 0 unspecified atom stereocenters. The van der Waals surface area contributed by atoms with Crippen LogP contribution < -0.4 is 14.8 Å². The van der Waals surface area contributed by atoms with Gasteiger partial charge < -0.3 is 9.47 Å². The van der Waals surface area contributed by atoms with E-state index >= 15 is 0 Å². The molecule has 160 valence electrons. The largest absolute Gasteiger partial charge is 0.493 e. The zero-order valence-corrected chi connectivity index (χ0v) is 18.3. The third kappa shape index (κ3) is 4.24. The van der Waals surface area contributed by atoms with E-state index in [9.17, 15) is 9.59 Å². The van der Waals surface area contributed by atoms with Crippen molar-refractivity contribution in [3.63, 3.8) is 0 Å². The number of carbonyl (C=O) groups is 2. The summed E-state index contributed by atoms with van der Waals surface area (Å²) in [4.78, 5) is 31.2. The molecule has 0 spiro atoms. The fraction of sp³-hybridized carbons (Fsp3) is 0.0800. The van der Waals surface area contributed by atoms with Gasteiger partial charge in [0.2, 0.25) is 5.78 Å². The average Bonchev–Trinajstić information content (AvgIpc) is 3.27. The van der Waals surface area contributed by atoms with Gasteiger partial charge in [0.05, 0.1) is 25.5 Å². The molecule has 0 bridgehead atoms. The normalized spacial score (nSPS) is 10.4. The van der Waals surface area contributed by atoms with Crippen LogP contribution in [-0.4, -0.2) is 30.9 Å². The van der Waals surface area contributed by atoms with Crippen LogP contribution in [0.2, 0.25) is 0 Å². The van der Waals surface area contributed by atoms with Crippen molar-refractivity contribution in [3.05, 3.63) is 94.9 Å². The van der Waals surface area contributed by atoms with E-state index in [-0.39, 0.29) is 5.78 Å². The molecule has 0 aliphatic rings. The van der Waals surface area contributed by atoms with Crippen LogP contribution in [0.3, 0.4) is 0 Å². The number of carbonyl (C=O) groups excluding carboxylic acids is 2. The Kier molecular flexibility index (Phi) is 6.28. The van der Waals surface area contributed by atoms with E-state index in [0.29, 0.717) is 38.3 Å². The zero-order valence-electron chi connectivity index (χ0n) is 17.5. The van der Waals surface area contributed by atoms with Crippen molar-refractivity contribution >= 4 is 28.2 Å². The van der Waals surface area contributed by atoms with Crippen LogP contribution in [0.5, 0.6) is 11.5 Å². The predicted molar refractivity (Wildman–Crippen MR) is 125 cm³/mol. The Balaban J connectivity index is 1.72. The highest BCUT2D eigenvalue weighted by Gasteiger charge is 2.23. The highest BCUT2D eigenvalue weighted by molar-refractivity contribution is 7.18. The van der Waals surface area contributed by atoms with E-state index in [1.807, 2.05) is 48.5 Å². The summed E-state index contributed by atoms with van der Waals surface area (Å²) in [6.07, 6.45) is 0. The molecular weight excluding hydrogens is 424 g/mol. The molecule has 0 atom stereocenters. The number of hydrogen-bond donors (Lipinski definition) is 1. The number of aromatic nitrogens is 1. The number of rotatable bonds is 7. The summed E-state index contributed by atoms with van der Waals surface area (Å²) in [5, 5.41) is 3.12. The first kappa shape index (κ1) is 21.3. The number of hydrogen-bond acceptors (Lipinski definition) is 6. The molecular formula is C25H20N2O4S. The van der Waals surface area contributed by atoms with Crippen molar-refractivity contribution in [1.29, 1.82) is 0 Å². The van der Waals surface area contributed by atoms with E-state index in [1.165, 1.54) is 14.2 Å². The van der Waals surface area contributed by atoms with E-state index in [2.05, 4.69) is 10.3 Å². The van der Waals surface area contributed by atoms with Crippen LogP contribution in [-0.2, 0) is 0 Å². The summed E-state index contributed by atoms with van der Waals surface area (Å²) >= 11 is 1.14. The number of ether oxygens (including phenoxy) is 2. The van der Waals surface area contributed by atoms with E-state index in [0.717, 1.165) is 16.9 Å². The second kappa shape index (κ2) is 9.45. The number of para-hydroxylation sites is 1. The van der Waals surface area contributed by atoms with Crippen molar-refractivity contribution in [2.24, 2.45) is 0 Å². The minimum atomic E-state index is -0.409. The van der Waals surface area contributed by atoms with Crippen molar-refractivity contribution < 1.29 is 19.1 Å². The molecule has 0 radical (unpaired) electrons. The smallest absolute Gasteiger partial charge is 0.261 e. The Labute approximate surface area is 189 Å². The number of methoxy groups -OCH3 is 2. The number of benzene rings is 3. The topological polar surface area (TPSA) is 77.5 Å². The lowest BCUT2D eigenvalue weighted by atomic mass is 10.1. The van der Waals surface area contributed by atoms with Gasteiger partial charge >= 0.3 is 0 Å². The van der Waals surface area contributed by atoms with Gasteiger partial charge in [0, 0.05) is 11.1 Å². The van der Waals surface area contributed by atoms with Crippen molar-refractivity contribution in [1.82, 2.24) is 4.98 Å². The number of amides is 1. The summed E-state index contributed by atoms with van der Waals surface area (Å²) in [6.45, 7) is 0. The molecule has 1 amide bonds. The third-order valence-corrected chi connectivity index (χ3v) is 5.75. The lowest BCUT2D eigenvalue weighted by molar-refractivity contribution is 0.102. The van der Waals surface area contributed by atoms with Gasteiger partial charge in [-0.1, -0.05) is 78.1 Å². The second-order valence-electron chi connectivity index (χ2n) is 6.75. The summed E-state index contributed by atoms with van der Waals surface area (Å²) in [5.41, 5.74) is 2.18. The Morgan fingerprint density at radius 1 is 0.844 bits per heavy atom. The van der Waals surface area contributed by atoms with Crippen molar-refractivity contribution in [2.45, 2.75) is 0 Å². The molecule has 0 saturated heterocycles. The Morgan fingerprint density at radius 3 is 2.19 bits per heavy atom. The lowest BCUT2D eigenvalue weighted by Crippen LogP contribution is -2.13. The molecule has 0 fully saturated rings. The monoisotopic (exact) mass is 444 g/mol. The molecule has 1 aromatic heterocycles. The quantitative estimate of drug-likeness (QED) is 0.391. The maximum absolute atomic E-state index is 13.2. The first-order valence-corrected chi connectivity index (χ1v) is 10.6. The molecule has 1 heterocycles. The summed E-state index contributed by atoms with van der Waals surface area (Å²) in [5.74, 6) is 0.214. The van der Waals surface area contributed by atoms with Crippen LogP contribution in [0.1, 0.15) is 25.6 Å². The molecule has 0 saturated carbocycles. The van der Waals surface area contributed by atoms with Gasteiger partial charge in [0.1, 0.15) is 4.88 Å². The zero-order chi connectivity index (χ0) is 22.5. The van der Waals surface area contributed by atoms with Crippen LogP contribution in [0.15, 0.2) is 78.9 Å². The van der Waals surface area contributed by atoms with Gasteiger partial charge in [0.15, 0.2) is 16.6 Å². The van der Waals surface area contributed by atoms with E-state index in [4.69, 9.17) is 9.47 Å². The first-order valence-electron chi connectivity index (χ1n) is 9.80. The van der Waals surface area contributed by atoms with Gasteiger partial charge in [-0.15, -0.1) is 0 Å². The fourth-order valence-electron chi connectivity index (χ4n) is 3.27. The molecule has 0 aliphatic carbocycles.